The number of nitrogens with zero attached hydrogens (tertiary/aromatic N) is 2. The van der Waals surface area contributed by atoms with Crippen LogP contribution in [0.2, 0.25) is 0 Å². The van der Waals surface area contributed by atoms with Crippen molar-refractivity contribution in [1.82, 2.24) is 4.98 Å². The molecule has 0 saturated heterocycles. The lowest BCUT2D eigenvalue weighted by atomic mass is 10.1. The second-order valence-electron chi connectivity index (χ2n) is 6.80. The zero-order chi connectivity index (χ0) is 18.0. The molecule has 7 nitrogen and oxygen atoms in total. The maximum Gasteiger partial charge on any atom is 0.416 e. The van der Waals surface area contributed by atoms with Crippen LogP contribution in [0.25, 0.3) is 0 Å². The van der Waals surface area contributed by atoms with Gasteiger partial charge in [0.1, 0.15) is 11.4 Å². The minimum atomic E-state index is -3.47. The van der Waals surface area contributed by atoms with E-state index in [4.69, 9.17) is 8.92 Å². The molecule has 0 bridgehead atoms. The van der Waals surface area contributed by atoms with Crippen LogP contribution < -0.4 is 4.90 Å². The number of amides is 1. The monoisotopic (exact) mass is 356 g/mol. The topological polar surface area (TPSA) is 85.8 Å². The number of aromatic nitrogens is 1. The van der Waals surface area contributed by atoms with Gasteiger partial charge in [-0.2, -0.15) is 8.42 Å². The van der Waals surface area contributed by atoms with Crippen molar-refractivity contribution in [2.75, 3.05) is 24.3 Å². The van der Waals surface area contributed by atoms with Crippen LogP contribution in [0.5, 0.6) is 0 Å². The molecule has 0 atom stereocenters. The predicted molar refractivity (Wildman–Crippen MR) is 90.6 cm³/mol. The number of aryl methyl sites for hydroxylation is 1. The number of hydrogen-bond donors (Lipinski definition) is 0. The van der Waals surface area contributed by atoms with Gasteiger partial charge in [0.25, 0.3) is 10.1 Å². The number of hydrogen-bond acceptors (Lipinski definition) is 6. The average molecular weight is 356 g/mol. The molecule has 8 heteroatoms. The molecule has 1 aliphatic heterocycles. The third kappa shape index (κ3) is 5.45. The molecule has 0 unspecified atom stereocenters. The second-order valence-corrected chi connectivity index (χ2v) is 8.44. The molecule has 0 saturated carbocycles. The van der Waals surface area contributed by atoms with Crippen LogP contribution in [0.3, 0.4) is 0 Å². The molecule has 0 aromatic carbocycles. The fraction of sp³-hybridized carbons (Fsp3) is 0.625. The lowest BCUT2D eigenvalue weighted by Crippen LogP contribution is -2.40. The van der Waals surface area contributed by atoms with Crippen LogP contribution in [0, 0.1) is 0 Å². The van der Waals surface area contributed by atoms with Crippen molar-refractivity contribution in [1.29, 1.82) is 0 Å². The summed E-state index contributed by atoms with van der Waals surface area (Å²) < 4.78 is 32.2. The molecule has 24 heavy (non-hydrogen) atoms. The number of fused-ring (bicyclic) bond motifs is 1. The Morgan fingerprint density at radius 3 is 2.67 bits per heavy atom. The molecule has 2 heterocycles. The third-order valence-electron chi connectivity index (χ3n) is 3.37. The van der Waals surface area contributed by atoms with E-state index in [2.05, 4.69) is 4.98 Å². The molecule has 0 aliphatic carbocycles. The van der Waals surface area contributed by atoms with Crippen molar-refractivity contribution in [2.45, 2.75) is 45.6 Å². The van der Waals surface area contributed by atoms with Crippen molar-refractivity contribution < 1.29 is 22.1 Å². The minimum Gasteiger partial charge on any atom is -0.443 e. The van der Waals surface area contributed by atoms with Gasteiger partial charge >= 0.3 is 6.09 Å². The van der Waals surface area contributed by atoms with E-state index in [0.29, 0.717) is 24.5 Å². The summed E-state index contributed by atoms with van der Waals surface area (Å²) in [4.78, 5) is 18.5. The molecule has 0 fully saturated rings. The van der Waals surface area contributed by atoms with Crippen LogP contribution in [0.4, 0.5) is 10.6 Å². The van der Waals surface area contributed by atoms with Crippen molar-refractivity contribution in [2.24, 2.45) is 0 Å². The van der Waals surface area contributed by atoms with E-state index in [1.54, 1.807) is 4.90 Å². The summed E-state index contributed by atoms with van der Waals surface area (Å²) in [5.74, 6) is 0.590. The van der Waals surface area contributed by atoms with Gasteiger partial charge in [-0.1, -0.05) is 6.07 Å². The largest absolute Gasteiger partial charge is 0.443 e. The molecule has 2 rings (SSSR count). The second kappa shape index (κ2) is 7.06. The quantitative estimate of drug-likeness (QED) is 0.770. The first-order valence-electron chi connectivity index (χ1n) is 7.89. The molecule has 1 amide bonds. The molecule has 134 valence electrons. The Hall–Kier alpha value is -1.67. The molecular weight excluding hydrogens is 332 g/mol. The van der Waals surface area contributed by atoms with E-state index in [9.17, 15) is 13.2 Å². The number of carbonyl (C=O) groups excluding carboxylic acids is 1. The van der Waals surface area contributed by atoms with Crippen molar-refractivity contribution in [3.63, 3.8) is 0 Å². The molecule has 1 aliphatic rings. The van der Waals surface area contributed by atoms with Crippen LogP contribution in [-0.4, -0.2) is 44.5 Å². The minimum absolute atomic E-state index is 0.0249. The Kier molecular flexibility index (Phi) is 5.49. The standard InChI is InChI=1S/C16H24N2O5S/c1-16(2,3)23-15(19)18-10-5-6-12-7-8-13(17-14(12)18)9-11-22-24(4,20)21/h7-8H,5-6,9-11H2,1-4H3. The Morgan fingerprint density at radius 2 is 2.04 bits per heavy atom. The average Bonchev–Trinajstić information content (AvgIpc) is 2.43. The summed E-state index contributed by atoms with van der Waals surface area (Å²) in [5, 5.41) is 0. The van der Waals surface area contributed by atoms with Gasteiger partial charge in [0.15, 0.2) is 0 Å². The summed E-state index contributed by atoms with van der Waals surface area (Å²) in [6.07, 6.45) is 2.65. The fourth-order valence-corrected chi connectivity index (χ4v) is 2.80. The van der Waals surface area contributed by atoms with Crippen LogP contribution in [-0.2, 0) is 31.9 Å². The fourth-order valence-electron chi connectivity index (χ4n) is 2.41. The van der Waals surface area contributed by atoms with E-state index in [1.165, 1.54) is 0 Å². The molecule has 0 spiro atoms. The van der Waals surface area contributed by atoms with Crippen molar-refractivity contribution in [3.05, 3.63) is 23.4 Å². The van der Waals surface area contributed by atoms with Crippen LogP contribution in [0.1, 0.15) is 38.4 Å². The smallest absolute Gasteiger partial charge is 0.416 e. The Balaban J connectivity index is 2.15. The number of anilines is 1. The number of ether oxygens (including phenoxy) is 1. The van der Waals surface area contributed by atoms with Gasteiger partial charge in [-0.25, -0.2) is 9.78 Å². The lowest BCUT2D eigenvalue weighted by molar-refractivity contribution is 0.0576. The van der Waals surface area contributed by atoms with Gasteiger partial charge in [-0.05, 0) is 45.2 Å². The van der Waals surface area contributed by atoms with E-state index in [0.717, 1.165) is 24.7 Å². The van der Waals surface area contributed by atoms with E-state index in [1.807, 2.05) is 32.9 Å². The number of rotatable bonds is 4. The van der Waals surface area contributed by atoms with E-state index in [-0.39, 0.29) is 6.61 Å². The van der Waals surface area contributed by atoms with Crippen LogP contribution >= 0.6 is 0 Å². The number of carbonyl (C=O) groups is 1. The van der Waals surface area contributed by atoms with Gasteiger partial charge in [-0.15, -0.1) is 0 Å². The highest BCUT2D eigenvalue weighted by Gasteiger charge is 2.28. The van der Waals surface area contributed by atoms with Crippen molar-refractivity contribution in [3.8, 4) is 0 Å². The van der Waals surface area contributed by atoms with Gasteiger partial charge in [0.2, 0.25) is 0 Å². The summed E-state index contributed by atoms with van der Waals surface area (Å²) in [5.41, 5.74) is 1.09. The number of pyridine rings is 1. The van der Waals surface area contributed by atoms with Gasteiger partial charge in [0.05, 0.1) is 12.9 Å². The van der Waals surface area contributed by atoms with Gasteiger partial charge < -0.3 is 4.74 Å². The summed E-state index contributed by atoms with van der Waals surface area (Å²) >= 11 is 0. The van der Waals surface area contributed by atoms with Gasteiger partial charge in [-0.3, -0.25) is 9.08 Å². The highest BCUT2D eigenvalue weighted by atomic mass is 32.2. The first-order valence-corrected chi connectivity index (χ1v) is 9.70. The highest BCUT2D eigenvalue weighted by Crippen LogP contribution is 2.27. The first-order chi connectivity index (χ1) is 11.1. The van der Waals surface area contributed by atoms with E-state index < -0.39 is 21.8 Å². The highest BCUT2D eigenvalue weighted by molar-refractivity contribution is 7.85. The Bertz CT molecular complexity index is 710. The maximum absolute atomic E-state index is 12.4. The normalized spacial score (nSPS) is 15.1. The maximum atomic E-state index is 12.4. The zero-order valence-corrected chi connectivity index (χ0v) is 15.4. The summed E-state index contributed by atoms with van der Waals surface area (Å²) in [6, 6.07) is 3.76. The van der Waals surface area contributed by atoms with Crippen molar-refractivity contribution >= 4 is 22.0 Å². The zero-order valence-electron chi connectivity index (χ0n) is 14.5. The third-order valence-corrected chi connectivity index (χ3v) is 3.96. The Labute approximate surface area is 143 Å². The molecule has 1 aromatic heterocycles. The van der Waals surface area contributed by atoms with Crippen LogP contribution in [0.15, 0.2) is 12.1 Å². The molecule has 1 aromatic rings. The Morgan fingerprint density at radius 1 is 1.33 bits per heavy atom. The summed E-state index contributed by atoms with van der Waals surface area (Å²) in [6.45, 7) is 6.04. The predicted octanol–water partition coefficient (Wildman–Crippen LogP) is 2.29. The van der Waals surface area contributed by atoms with Gasteiger partial charge in [0, 0.05) is 18.7 Å². The summed E-state index contributed by atoms with van der Waals surface area (Å²) in [7, 11) is -3.47. The van der Waals surface area contributed by atoms with E-state index >= 15 is 0 Å². The molecular formula is C16H24N2O5S. The molecule has 0 radical (unpaired) electrons. The SMILES string of the molecule is CC(C)(C)OC(=O)N1CCCc2ccc(CCOS(C)(=O)=O)nc21. The first kappa shape index (κ1) is 18.7. The lowest BCUT2D eigenvalue weighted by Gasteiger charge is -2.31. The molecule has 0 N–H and O–H groups in total.